The number of rotatable bonds is 7. The van der Waals surface area contributed by atoms with Crippen molar-refractivity contribution in [3.63, 3.8) is 0 Å². The Labute approximate surface area is 197 Å². The first-order chi connectivity index (χ1) is 15.9. The number of anilines is 2. The van der Waals surface area contributed by atoms with Crippen molar-refractivity contribution in [1.82, 2.24) is 0 Å². The number of hydrogen-bond donors (Lipinski definition) is 1. The molecule has 0 fully saturated rings. The highest BCUT2D eigenvalue weighted by Crippen LogP contribution is 2.33. The topological polar surface area (TPSA) is 84.9 Å². The Hall–Kier alpha value is -3.49. The van der Waals surface area contributed by atoms with Crippen molar-refractivity contribution in [2.24, 2.45) is 0 Å². The number of carbonyl (C=O) groups excluding carboxylic acids is 1. The van der Waals surface area contributed by atoms with Crippen LogP contribution in [0.25, 0.3) is 0 Å². The third-order valence-electron chi connectivity index (χ3n) is 4.90. The van der Waals surface area contributed by atoms with Crippen LogP contribution in [0, 0.1) is 0 Å². The van der Waals surface area contributed by atoms with E-state index in [9.17, 15) is 13.2 Å². The zero-order valence-electron chi connectivity index (χ0n) is 17.5. The second kappa shape index (κ2) is 9.56. The first-order valence-corrected chi connectivity index (χ1v) is 11.9. The smallest absolute Gasteiger partial charge is 0.266 e. The Bertz CT molecular complexity index is 1300. The molecule has 0 aliphatic carbocycles. The fraction of sp³-hybridized carbons (Fsp3) is 0.125. The van der Waals surface area contributed by atoms with Gasteiger partial charge in [0.05, 0.1) is 17.3 Å². The van der Waals surface area contributed by atoms with Gasteiger partial charge in [0, 0.05) is 17.3 Å². The third kappa shape index (κ3) is 4.81. The molecule has 1 aliphatic rings. The van der Waals surface area contributed by atoms with Crippen molar-refractivity contribution in [2.75, 3.05) is 29.4 Å². The van der Waals surface area contributed by atoms with Crippen LogP contribution in [0.4, 0.5) is 11.4 Å². The number of ether oxygens (including phenoxy) is 2. The molecule has 1 heterocycles. The second-order valence-electron chi connectivity index (χ2n) is 7.12. The van der Waals surface area contributed by atoms with E-state index in [1.807, 2.05) is 0 Å². The maximum atomic E-state index is 13.5. The Kier molecular flexibility index (Phi) is 6.57. The summed E-state index contributed by atoms with van der Waals surface area (Å²) in [7, 11) is -4.07. The quantitative estimate of drug-likeness (QED) is 0.489. The zero-order valence-corrected chi connectivity index (χ0v) is 19.1. The Morgan fingerprint density at radius 2 is 1.76 bits per heavy atom. The Morgan fingerprint density at radius 1 is 1.03 bits per heavy atom. The molecule has 1 amide bonds. The number of benzene rings is 3. The van der Waals surface area contributed by atoms with E-state index in [2.05, 4.69) is 11.9 Å². The summed E-state index contributed by atoms with van der Waals surface area (Å²) in [6.45, 7) is 4.58. The van der Waals surface area contributed by atoms with E-state index in [0.29, 0.717) is 36.1 Å². The highest BCUT2D eigenvalue weighted by molar-refractivity contribution is 7.93. The van der Waals surface area contributed by atoms with Crippen molar-refractivity contribution in [2.45, 2.75) is 4.90 Å². The van der Waals surface area contributed by atoms with Crippen molar-refractivity contribution < 1.29 is 22.7 Å². The molecule has 0 saturated heterocycles. The molecule has 0 bridgehead atoms. The van der Waals surface area contributed by atoms with Crippen LogP contribution in [0.2, 0.25) is 5.02 Å². The fourth-order valence-electron chi connectivity index (χ4n) is 3.34. The first-order valence-electron chi connectivity index (χ1n) is 10.1. The van der Waals surface area contributed by atoms with Crippen LogP contribution >= 0.6 is 11.6 Å². The van der Waals surface area contributed by atoms with E-state index < -0.39 is 15.9 Å². The average Bonchev–Trinajstić information content (AvgIpc) is 2.83. The molecular weight excluding hydrogens is 464 g/mol. The zero-order chi connectivity index (χ0) is 23.4. The van der Waals surface area contributed by atoms with E-state index in [1.165, 1.54) is 28.6 Å². The minimum absolute atomic E-state index is 0.0101. The number of carbonyl (C=O) groups is 1. The van der Waals surface area contributed by atoms with Crippen LogP contribution in [0.15, 0.2) is 84.3 Å². The highest BCUT2D eigenvalue weighted by Gasteiger charge is 2.27. The maximum Gasteiger partial charge on any atom is 0.266 e. The van der Waals surface area contributed by atoms with Crippen LogP contribution < -0.4 is 19.1 Å². The molecule has 3 aromatic rings. The predicted octanol–water partition coefficient (Wildman–Crippen LogP) is 4.74. The van der Waals surface area contributed by atoms with Gasteiger partial charge in [-0.15, -0.1) is 6.58 Å². The van der Waals surface area contributed by atoms with E-state index in [1.54, 1.807) is 48.5 Å². The minimum Gasteiger partial charge on any atom is -0.486 e. The van der Waals surface area contributed by atoms with Crippen LogP contribution in [0.3, 0.4) is 0 Å². The number of fused-ring (bicyclic) bond motifs is 1. The number of hydrogen-bond acceptors (Lipinski definition) is 5. The summed E-state index contributed by atoms with van der Waals surface area (Å²) in [6.07, 6.45) is 1.48. The van der Waals surface area contributed by atoms with Gasteiger partial charge in [0.2, 0.25) is 0 Å². The minimum atomic E-state index is -4.07. The van der Waals surface area contributed by atoms with Gasteiger partial charge in [0.15, 0.2) is 11.5 Å². The lowest BCUT2D eigenvalue weighted by molar-refractivity contribution is 0.102. The summed E-state index contributed by atoms with van der Waals surface area (Å²) in [5, 5.41) is 2.76. The largest absolute Gasteiger partial charge is 0.486 e. The van der Waals surface area contributed by atoms with Crippen molar-refractivity contribution in [3.05, 3.63) is 90.0 Å². The van der Waals surface area contributed by atoms with Gasteiger partial charge in [0.25, 0.3) is 15.9 Å². The van der Waals surface area contributed by atoms with E-state index >= 15 is 0 Å². The Morgan fingerprint density at radius 3 is 2.48 bits per heavy atom. The molecule has 4 rings (SSSR count). The summed E-state index contributed by atoms with van der Waals surface area (Å²) in [5.41, 5.74) is 1.08. The maximum absolute atomic E-state index is 13.5. The number of nitrogens with one attached hydrogen (secondary N) is 1. The number of sulfonamides is 1. The molecule has 0 saturated carbocycles. The SMILES string of the molecule is C=CCN(c1ccccc1)S(=O)(=O)c1cc(C(=O)Nc2ccc3c(c2)OCCO3)ccc1Cl. The number of halogens is 1. The lowest BCUT2D eigenvalue weighted by Gasteiger charge is -2.24. The van der Waals surface area contributed by atoms with Gasteiger partial charge in [-0.1, -0.05) is 35.9 Å². The number of nitrogens with zero attached hydrogens (tertiary/aromatic N) is 1. The lowest BCUT2D eigenvalue weighted by atomic mass is 10.2. The summed E-state index contributed by atoms with van der Waals surface area (Å²) in [6, 6.07) is 17.8. The highest BCUT2D eigenvalue weighted by atomic mass is 35.5. The Balaban J connectivity index is 1.64. The molecule has 0 atom stereocenters. The summed E-state index contributed by atoms with van der Waals surface area (Å²) >= 11 is 6.26. The van der Waals surface area contributed by atoms with Gasteiger partial charge in [0.1, 0.15) is 18.1 Å². The van der Waals surface area contributed by atoms with Gasteiger partial charge < -0.3 is 14.8 Å². The lowest BCUT2D eigenvalue weighted by Crippen LogP contribution is -2.31. The van der Waals surface area contributed by atoms with E-state index in [0.717, 1.165) is 0 Å². The van der Waals surface area contributed by atoms with E-state index in [-0.39, 0.29) is 22.0 Å². The molecule has 0 aromatic heterocycles. The molecule has 0 unspecified atom stereocenters. The van der Waals surface area contributed by atoms with Gasteiger partial charge in [-0.2, -0.15) is 0 Å². The normalized spacial score (nSPS) is 12.6. The molecule has 33 heavy (non-hydrogen) atoms. The molecule has 0 radical (unpaired) electrons. The van der Waals surface area contributed by atoms with Crippen LogP contribution in [-0.4, -0.2) is 34.1 Å². The first kappa shape index (κ1) is 22.7. The second-order valence-corrected chi connectivity index (χ2v) is 9.36. The van der Waals surface area contributed by atoms with Crippen molar-refractivity contribution in [1.29, 1.82) is 0 Å². The molecule has 0 spiro atoms. The summed E-state index contributed by atoms with van der Waals surface area (Å²) in [5.74, 6) is 0.637. The van der Waals surface area contributed by atoms with Crippen LogP contribution in [0.5, 0.6) is 11.5 Å². The van der Waals surface area contributed by atoms with Crippen molar-refractivity contribution in [3.8, 4) is 11.5 Å². The third-order valence-corrected chi connectivity index (χ3v) is 7.18. The predicted molar refractivity (Wildman–Crippen MR) is 128 cm³/mol. The standard InChI is InChI=1S/C24H21ClN2O5S/c1-2-12-27(19-6-4-3-5-7-19)33(29,30)23-15-17(8-10-20(23)25)24(28)26-18-9-11-21-22(16-18)32-14-13-31-21/h2-11,15-16H,1,12-14H2,(H,26,28). The van der Waals surface area contributed by atoms with Gasteiger partial charge >= 0.3 is 0 Å². The fourth-order valence-corrected chi connectivity index (χ4v) is 5.28. The van der Waals surface area contributed by atoms with Crippen molar-refractivity contribution >= 4 is 38.9 Å². The van der Waals surface area contributed by atoms with Gasteiger partial charge in [-0.05, 0) is 42.5 Å². The van der Waals surface area contributed by atoms with Gasteiger partial charge in [-0.25, -0.2) is 8.42 Å². The molecule has 7 nitrogen and oxygen atoms in total. The molecule has 170 valence electrons. The summed E-state index contributed by atoms with van der Waals surface area (Å²) in [4.78, 5) is 12.7. The van der Waals surface area contributed by atoms with Gasteiger partial charge in [-0.3, -0.25) is 9.10 Å². The molecular formula is C24H21ClN2O5S. The summed E-state index contributed by atoms with van der Waals surface area (Å²) < 4.78 is 39.1. The number of para-hydroxylation sites is 1. The van der Waals surface area contributed by atoms with Crippen LogP contribution in [-0.2, 0) is 10.0 Å². The average molecular weight is 485 g/mol. The van der Waals surface area contributed by atoms with Crippen LogP contribution in [0.1, 0.15) is 10.4 Å². The van der Waals surface area contributed by atoms with E-state index in [4.69, 9.17) is 21.1 Å². The molecule has 9 heteroatoms. The molecule has 1 aliphatic heterocycles. The monoisotopic (exact) mass is 484 g/mol. The number of amides is 1. The molecule has 1 N–H and O–H groups in total. The molecule has 3 aromatic carbocycles.